The SMILES string of the molecule is CN(C)S(=O)(=O)N1CCN(C(=O)c2ccc(-c3cccc(C(F)(F)F)c3)o2)CC1. The van der Waals surface area contributed by atoms with E-state index in [2.05, 4.69) is 0 Å². The molecule has 2 heterocycles. The van der Waals surface area contributed by atoms with Crippen molar-refractivity contribution in [1.82, 2.24) is 13.5 Å². The molecule has 29 heavy (non-hydrogen) atoms. The molecule has 2 aromatic rings. The molecule has 0 N–H and O–H groups in total. The third-order valence-corrected chi connectivity index (χ3v) is 6.55. The number of carbonyl (C=O) groups excluding carboxylic acids is 1. The highest BCUT2D eigenvalue weighted by atomic mass is 32.2. The van der Waals surface area contributed by atoms with Gasteiger partial charge in [0.05, 0.1) is 5.56 Å². The predicted octanol–water partition coefficient (Wildman–Crippen LogP) is 2.53. The van der Waals surface area contributed by atoms with Gasteiger partial charge in [0.1, 0.15) is 5.76 Å². The van der Waals surface area contributed by atoms with E-state index >= 15 is 0 Å². The summed E-state index contributed by atoms with van der Waals surface area (Å²) in [4.78, 5) is 14.1. The highest BCUT2D eigenvalue weighted by molar-refractivity contribution is 7.86. The van der Waals surface area contributed by atoms with Gasteiger partial charge in [0.2, 0.25) is 0 Å². The molecule has 0 atom stereocenters. The Hall–Kier alpha value is -2.37. The van der Waals surface area contributed by atoms with Gasteiger partial charge in [0.15, 0.2) is 5.76 Å². The van der Waals surface area contributed by atoms with Crippen molar-refractivity contribution < 1.29 is 30.8 Å². The fourth-order valence-electron chi connectivity index (χ4n) is 2.97. The maximum atomic E-state index is 12.9. The third kappa shape index (κ3) is 4.46. The van der Waals surface area contributed by atoms with Crippen molar-refractivity contribution in [3.05, 3.63) is 47.7 Å². The maximum absolute atomic E-state index is 12.9. The average Bonchev–Trinajstić information content (AvgIpc) is 3.17. The lowest BCUT2D eigenvalue weighted by molar-refractivity contribution is -0.137. The lowest BCUT2D eigenvalue weighted by atomic mass is 10.1. The molecule has 1 saturated heterocycles. The summed E-state index contributed by atoms with van der Waals surface area (Å²) < 4.78 is 70.8. The van der Waals surface area contributed by atoms with Crippen LogP contribution in [0, 0.1) is 0 Å². The summed E-state index contributed by atoms with van der Waals surface area (Å²) in [6.07, 6.45) is -4.48. The zero-order valence-electron chi connectivity index (χ0n) is 15.8. The van der Waals surface area contributed by atoms with Gasteiger partial charge in [0.25, 0.3) is 16.1 Å². The number of amides is 1. The molecule has 1 amide bonds. The molecule has 3 rings (SSSR count). The van der Waals surface area contributed by atoms with Gasteiger partial charge in [-0.05, 0) is 24.3 Å². The Morgan fingerprint density at radius 3 is 2.31 bits per heavy atom. The van der Waals surface area contributed by atoms with Crippen LogP contribution in [0.3, 0.4) is 0 Å². The number of alkyl halides is 3. The largest absolute Gasteiger partial charge is 0.451 e. The van der Waals surface area contributed by atoms with Crippen LogP contribution in [-0.2, 0) is 16.4 Å². The predicted molar refractivity (Wildman–Crippen MR) is 99.2 cm³/mol. The molecule has 11 heteroatoms. The van der Waals surface area contributed by atoms with Crippen LogP contribution in [0.4, 0.5) is 13.2 Å². The Labute approximate surface area is 166 Å². The molecular formula is C18H20F3N3O4S. The number of halogens is 3. The number of hydrogen-bond acceptors (Lipinski definition) is 4. The van der Waals surface area contributed by atoms with Gasteiger partial charge < -0.3 is 9.32 Å². The molecule has 158 valence electrons. The summed E-state index contributed by atoms with van der Waals surface area (Å²) in [5.41, 5.74) is -0.599. The Kier molecular flexibility index (Phi) is 5.74. The molecule has 1 fully saturated rings. The number of benzene rings is 1. The monoisotopic (exact) mass is 431 g/mol. The fourth-order valence-corrected chi connectivity index (χ4v) is 4.05. The highest BCUT2D eigenvalue weighted by Crippen LogP contribution is 2.32. The number of nitrogens with zero attached hydrogens (tertiary/aromatic N) is 3. The van der Waals surface area contributed by atoms with Crippen molar-refractivity contribution in [2.75, 3.05) is 40.3 Å². The first-order valence-electron chi connectivity index (χ1n) is 8.74. The van der Waals surface area contributed by atoms with E-state index < -0.39 is 27.9 Å². The second-order valence-electron chi connectivity index (χ2n) is 6.72. The lowest BCUT2D eigenvalue weighted by Gasteiger charge is -2.34. The number of hydrogen-bond donors (Lipinski definition) is 0. The molecule has 0 bridgehead atoms. The van der Waals surface area contributed by atoms with Gasteiger partial charge in [-0.1, -0.05) is 12.1 Å². The van der Waals surface area contributed by atoms with E-state index in [4.69, 9.17) is 4.42 Å². The van der Waals surface area contributed by atoms with Gasteiger partial charge in [0, 0.05) is 45.8 Å². The van der Waals surface area contributed by atoms with Crippen LogP contribution < -0.4 is 0 Å². The standard InChI is InChI=1S/C18H20F3N3O4S/c1-22(2)29(26,27)24-10-8-23(9-11-24)17(25)16-7-6-15(28-16)13-4-3-5-14(12-13)18(19,20)21/h3-7,12H,8-11H2,1-2H3. The smallest absolute Gasteiger partial charge is 0.416 e. The van der Waals surface area contributed by atoms with Crippen molar-refractivity contribution >= 4 is 16.1 Å². The van der Waals surface area contributed by atoms with E-state index in [0.29, 0.717) is 0 Å². The molecule has 7 nitrogen and oxygen atoms in total. The van der Waals surface area contributed by atoms with E-state index in [9.17, 15) is 26.4 Å². The van der Waals surface area contributed by atoms with Gasteiger partial charge in [-0.3, -0.25) is 4.79 Å². The molecule has 0 spiro atoms. The van der Waals surface area contributed by atoms with Crippen LogP contribution in [-0.4, -0.2) is 68.1 Å². The minimum absolute atomic E-state index is 0.0127. The Balaban J connectivity index is 1.71. The van der Waals surface area contributed by atoms with Crippen molar-refractivity contribution in [3.63, 3.8) is 0 Å². The zero-order valence-corrected chi connectivity index (χ0v) is 16.6. The van der Waals surface area contributed by atoms with Crippen molar-refractivity contribution in [3.8, 4) is 11.3 Å². The van der Waals surface area contributed by atoms with Crippen LogP contribution in [0.1, 0.15) is 16.1 Å². The number of piperazine rings is 1. The maximum Gasteiger partial charge on any atom is 0.416 e. The zero-order chi connectivity index (χ0) is 21.4. The molecule has 0 saturated carbocycles. The molecule has 0 unspecified atom stereocenters. The van der Waals surface area contributed by atoms with E-state index in [0.717, 1.165) is 16.4 Å². The normalized spacial score (nSPS) is 16.4. The van der Waals surface area contributed by atoms with Crippen molar-refractivity contribution in [2.45, 2.75) is 6.18 Å². The van der Waals surface area contributed by atoms with Crippen LogP contribution in [0.15, 0.2) is 40.8 Å². The van der Waals surface area contributed by atoms with Gasteiger partial charge in [-0.25, -0.2) is 0 Å². The van der Waals surface area contributed by atoms with Crippen LogP contribution in [0.5, 0.6) is 0 Å². The molecular weight excluding hydrogens is 411 g/mol. The molecule has 1 aromatic carbocycles. The van der Waals surface area contributed by atoms with E-state index in [1.807, 2.05) is 0 Å². The molecule has 1 aliphatic rings. The molecule has 0 aliphatic carbocycles. The van der Waals surface area contributed by atoms with Crippen molar-refractivity contribution in [2.24, 2.45) is 0 Å². The summed E-state index contributed by atoms with van der Waals surface area (Å²) in [7, 11) is -0.677. The van der Waals surface area contributed by atoms with Crippen LogP contribution >= 0.6 is 0 Å². The van der Waals surface area contributed by atoms with Crippen LogP contribution in [0.25, 0.3) is 11.3 Å². The van der Waals surface area contributed by atoms with Crippen molar-refractivity contribution in [1.29, 1.82) is 0 Å². The first-order valence-corrected chi connectivity index (χ1v) is 10.1. The topological polar surface area (TPSA) is 74.1 Å². The Morgan fingerprint density at radius 1 is 1.07 bits per heavy atom. The molecule has 1 aromatic heterocycles. The second kappa shape index (κ2) is 7.81. The van der Waals surface area contributed by atoms with Gasteiger partial charge >= 0.3 is 6.18 Å². The third-order valence-electron chi connectivity index (χ3n) is 4.60. The minimum atomic E-state index is -4.48. The first-order chi connectivity index (χ1) is 13.5. The number of carbonyl (C=O) groups is 1. The summed E-state index contributed by atoms with van der Waals surface area (Å²) in [6.45, 7) is 0.665. The van der Waals surface area contributed by atoms with E-state index in [1.165, 1.54) is 47.6 Å². The summed E-state index contributed by atoms with van der Waals surface area (Å²) in [5.74, 6) is -0.306. The fraction of sp³-hybridized carbons (Fsp3) is 0.389. The van der Waals surface area contributed by atoms with Gasteiger partial charge in [-0.15, -0.1) is 0 Å². The Bertz CT molecular complexity index is 994. The van der Waals surface area contributed by atoms with E-state index in [-0.39, 0.29) is 43.3 Å². The molecule has 1 aliphatic heterocycles. The summed E-state index contributed by atoms with van der Waals surface area (Å²) in [5, 5.41) is 0. The van der Waals surface area contributed by atoms with E-state index in [1.54, 1.807) is 0 Å². The second-order valence-corrected chi connectivity index (χ2v) is 8.87. The first kappa shape index (κ1) is 21.3. The van der Waals surface area contributed by atoms with Crippen LogP contribution in [0.2, 0.25) is 0 Å². The Morgan fingerprint density at radius 2 is 1.72 bits per heavy atom. The summed E-state index contributed by atoms with van der Waals surface area (Å²) in [6, 6.07) is 7.49. The molecule has 0 radical (unpaired) electrons. The van der Waals surface area contributed by atoms with Gasteiger partial charge in [-0.2, -0.15) is 30.2 Å². The highest BCUT2D eigenvalue weighted by Gasteiger charge is 2.32. The quantitative estimate of drug-likeness (QED) is 0.746. The summed E-state index contributed by atoms with van der Waals surface area (Å²) >= 11 is 0. The number of rotatable bonds is 4. The minimum Gasteiger partial charge on any atom is -0.451 e. The number of furan rings is 1. The average molecular weight is 431 g/mol. The lowest BCUT2D eigenvalue weighted by Crippen LogP contribution is -2.53.